The van der Waals surface area contributed by atoms with Crippen LogP contribution in [0.4, 0.5) is 0 Å². The molecule has 0 aromatic carbocycles. The fraction of sp³-hybridized carbons (Fsp3) is 1.00. The molecule has 0 radical (unpaired) electrons. The summed E-state index contributed by atoms with van der Waals surface area (Å²) in [4.78, 5) is 0. The maximum atomic E-state index is 11.0. The minimum Gasteiger partial charge on any atom is -0.325 e. The van der Waals surface area contributed by atoms with Crippen molar-refractivity contribution in [3.8, 4) is 0 Å². The van der Waals surface area contributed by atoms with E-state index in [4.69, 9.17) is 5.73 Å². The molecule has 13 heavy (non-hydrogen) atoms. The normalized spacial score (nSPS) is 21.5. The first kappa shape index (κ1) is 11.0. The molecule has 1 aliphatic carbocycles. The fourth-order valence-corrected chi connectivity index (χ4v) is 2.51. The highest BCUT2D eigenvalue weighted by molar-refractivity contribution is 7.90. The van der Waals surface area contributed by atoms with Gasteiger partial charge in [-0.2, -0.15) is 0 Å². The maximum absolute atomic E-state index is 11.0. The zero-order valence-electron chi connectivity index (χ0n) is 8.63. The highest BCUT2D eigenvalue weighted by Crippen LogP contribution is 2.55. The van der Waals surface area contributed by atoms with Crippen molar-refractivity contribution in [3.05, 3.63) is 0 Å². The van der Waals surface area contributed by atoms with E-state index in [0.717, 1.165) is 19.3 Å². The van der Waals surface area contributed by atoms with Gasteiger partial charge in [-0.15, -0.1) is 0 Å². The zero-order valence-corrected chi connectivity index (χ0v) is 9.45. The SMILES string of the molecule is CC(C)(N)C1(CCS(C)(=O)=O)CC1. The summed E-state index contributed by atoms with van der Waals surface area (Å²) >= 11 is 0. The quantitative estimate of drug-likeness (QED) is 0.743. The molecule has 0 spiro atoms. The molecule has 78 valence electrons. The summed E-state index contributed by atoms with van der Waals surface area (Å²) in [6, 6.07) is 0. The van der Waals surface area contributed by atoms with E-state index < -0.39 is 9.84 Å². The summed E-state index contributed by atoms with van der Waals surface area (Å²) in [7, 11) is -2.83. The summed E-state index contributed by atoms with van der Waals surface area (Å²) in [5.41, 5.74) is 5.87. The summed E-state index contributed by atoms with van der Waals surface area (Å²) in [6.45, 7) is 3.98. The van der Waals surface area contributed by atoms with Crippen molar-refractivity contribution >= 4 is 9.84 Å². The summed E-state index contributed by atoms with van der Waals surface area (Å²) < 4.78 is 22.0. The molecule has 1 rings (SSSR count). The lowest BCUT2D eigenvalue weighted by Gasteiger charge is -2.30. The van der Waals surface area contributed by atoms with Crippen molar-refractivity contribution in [1.82, 2.24) is 0 Å². The van der Waals surface area contributed by atoms with Gasteiger partial charge in [0.05, 0.1) is 5.75 Å². The second-order valence-electron chi connectivity index (χ2n) is 4.88. The Bertz CT molecular complexity index is 283. The molecule has 3 nitrogen and oxygen atoms in total. The highest BCUT2D eigenvalue weighted by atomic mass is 32.2. The van der Waals surface area contributed by atoms with Crippen molar-refractivity contribution < 1.29 is 8.42 Å². The van der Waals surface area contributed by atoms with E-state index in [9.17, 15) is 8.42 Å². The highest BCUT2D eigenvalue weighted by Gasteiger charge is 2.52. The molecule has 1 aliphatic rings. The van der Waals surface area contributed by atoms with Gasteiger partial charge in [-0.1, -0.05) is 0 Å². The summed E-state index contributed by atoms with van der Waals surface area (Å²) in [6.07, 6.45) is 4.15. The van der Waals surface area contributed by atoms with Crippen LogP contribution < -0.4 is 5.73 Å². The average molecular weight is 205 g/mol. The van der Waals surface area contributed by atoms with E-state index in [1.165, 1.54) is 6.26 Å². The second kappa shape index (κ2) is 2.95. The van der Waals surface area contributed by atoms with E-state index in [2.05, 4.69) is 0 Å². The zero-order chi connectivity index (χ0) is 10.3. The Morgan fingerprint density at radius 3 is 2.08 bits per heavy atom. The molecule has 0 saturated heterocycles. The van der Waals surface area contributed by atoms with Crippen LogP contribution >= 0.6 is 0 Å². The van der Waals surface area contributed by atoms with Gasteiger partial charge in [-0.3, -0.25) is 0 Å². The third-order valence-electron chi connectivity index (χ3n) is 3.17. The Balaban J connectivity index is 2.56. The van der Waals surface area contributed by atoms with Gasteiger partial charge in [0.25, 0.3) is 0 Å². The summed E-state index contributed by atoms with van der Waals surface area (Å²) in [5, 5.41) is 0. The Kier molecular flexibility index (Phi) is 2.50. The molecule has 1 saturated carbocycles. The topological polar surface area (TPSA) is 60.2 Å². The lowest BCUT2D eigenvalue weighted by molar-refractivity contribution is 0.286. The molecular weight excluding hydrogens is 186 g/mol. The lowest BCUT2D eigenvalue weighted by atomic mass is 9.83. The van der Waals surface area contributed by atoms with Gasteiger partial charge < -0.3 is 5.73 Å². The van der Waals surface area contributed by atoms with Crippen molar-refractivity contribution in [1.29, 1.82) is 0 Å². The molecular formula is C9H19NO2S. The van der Waals surface area contributed by atoms with Crippen molar-refractivity contribution in [3.63, 3.8) is 0 Å². The average Bonchev–Trinajstić information content (AvgIpc) is 2.58. The van der Waals surface area contributed by atoms with Crippen LogP contribution in [0.1, 0.15) is 33.1 Å². The first-order chi connectivity index (χ1) is 5.66. The van der Waals surface area contributed by atoms with Crippen LogP contribution in [0.5, 0.6) is 0 Å². The van der Waals surface area contributed by atoms with Gasteiger partial charge in [-0.05, 0) is 38.5 Å². The van der Waals surface area contributed by atoms with E-state index in [0.29, 0.717) is 0 Å². The van der Waals surface area contributed by atoms with Crippen LogP contribution in [-0.2, 0) is 9.84 Å². The fourth-order valence-electron chi connectivity index (χ4n) is 1.75. The Hall–Kier alpha value is -0.0900. The van der Waals surface area contributed by atoms with E-state index in [1.54, 1.807) is 0 Å². The molecule has 0 unspecified atom stereocenters. The van der Waals surface area contributed by atoms with Gasteiger partial charge in [0, 0.05) is 11.8 Å². The Morgan fingerprint density at radius 1 is 1.38 bits per heavy atom. The predicted molar refractivity (Wildman–Crippen MR) is 54.3 cm³/mol. The first-order valence-corrected chi connectivity index (χ1v) is 6.69. The van der Waals surface area contributed by atoms with E-state index in [-0.39, 0.29) is 16.7 Å². The molecule has 4 heteroatoms. The van der Waals surface area contributed by atoms with Crippen molar-refractivity contribution in [2.45, 2.75) is 38.6 Å². The molecule has 0 bridgehead atoms. The maximum Gasteiger partial charge on any atom is 0.147 e. The number of hydrogen-bond donors (Lipinski definition) is 1. The first-order valence-electron chi connectivity index (χ1n) is 4.63. The van der Waals surface area contributed by atoms with Crippen LogP contribution in [0.25, 0.3) is 0 Å². The second-order valence-corrected chi connectivity index (χ2v) is 7.14. The number of sulfone groups is 1. The third-order valence-corrected chi connectivity index (χ3v) is 4.12. The van der Waals surface area contributed by atoms with E-state index in [1.807, 2.05) is 13.8 Å². The molecule has 2 N–H and O–H groups in total. The summed E-state index contributed by atoms with van der Waals surface area (Å²) in [5.74, 6) is 0.271. The third kappa shape index (κ3) is 2.68. The molecule has 0 aliphatic heterocycles. The number of hydrogen-bond acceptors (Lipinski definition) is 3. The van der Waals surface area contributed by atoms with Gasteiger partial charge in [0.2, 0.25) is 0 Å². The molecule has 0 aromatic rings. The van der Waals surface area contributed by atoms with E-state index >= 15 is 0 Å². The van der Waals surface area contributed by atoms with Crippen molar-refractivity contribution in [2.75, 3.05) is 12.0 Å². The van der Waals surface area contributed by atoms with Crippen molar-refractivity contribution in [2.24, 2.45) is 11.1 Å². The Labute approximate surface area is 80.6 Å². The Morgan fingerprint density at radius 2 is 1.85 bits per heavy atom. The van der Waals surface area contributed by atoms with Gasteiger partial charge >= 0.3 is 0 Å². The molecule has 0 aromatic heterocycles. The molecule has 0 heterocycles. The monoisotopic (exact) mass is 205 g/mol. The predicted octanol–water partition coefficient (Wildman–Crippen LogP) is 0.939. The van der Waals surface area contributed by atoms with Gasteiger partial charge in [0.1, 0.15) is 9.84 Å². The van der Waals surface area contributed by atoms with Crippen LogP contribution in [0.2, 0.25) is 0 Å². The standard InChI is InChI=1S/C9H19NO2S/c1-8(2,10)9(4-5-9)6-7-13(3,11)12/h4-7,10H2,1-3H3. The van der Waals surface area contributed by atoms with Crippen LogP contribution in [0.15, 0.2) is 0 Å². The number of rotatable bonds is 4. The van der Waals surface area contributed by atoms with Gasteiger partial charge in [0.15, 0.2) is 0 Å². The van der Waals surface area contributed by atoms with Crippen LogP contribution in [0, 0.1) is 5.41 Å². The van der Waals surface area contributed by atoms with Gasteiger partial charge in [-0.25, -0.2) is 8.42 Å². The smallest absolute Gasteiger partial charge is 0.147 e. The lowest BCUT2D eigenvalue weighted by Crippen LogP contribution is -2.43. The minimum atomic E-state index is -2.83. The number of nitrogens with two attached hydrogens (primary N) is 1. The molecule has 0 atom stereocenters. The molecule has 1 fully saturated rings. The largest absolute Gasteiger partial charge is 0.325 e. The minimum absolute atomic E-state index is 0.0933. The van der Waals surface area contributed by atoms with Crippen LogP contribution in [0.3, 0.4) is 0 Å². The molecule has 0 amide bonds. The van der Waals surface area contributed by atoms with Crippen LogP contribution in [-0.4, -0.2) is 26.0 Å².